The first-order valence-electron chi connectivity index (χ1n) is 7.11. The second-order valence-electron chi connectivity index (χ2n) is 5.35. The zero-order chi connectivity index (χ0) is 17.9. The summed E-state index contributed by atoms with van der Waals surface area (Å²) in [5.74, 6) is -0.586. The molecule has 128 valence electrons. The Morgan fingerprint density at radius 2 is 1.92 bits per heavy atom. The standard InChI is InChI=1S/C17H16F3NO3/c1-10-5-6-12(8-14(10)22)16(24)21-9-15(23)11-3-2-4-13(7-11)17(18,19)20/h2-8,15,22-23H,9H2,1H3,(H,21,24). The monoisotopic (exact) mass is 339 g/mol. The van der Waals surface area contributed by atoms with E-state index in [9.17, 15) is 28.2 Å². The molecule has 3 N–H and O–H groups in total. The Kier molecular flexibility index (Phi) is 5.14. The van der Waals surface area contributed by atoms with Gasteiger partial charge in [0.2, 0.25) is 0 Å². The van der Waals surface area contributed by atoms with Gasteiger partial charge in [0, 0.05) is 12.1 Å². The van der Waals surface area contributed by atoms with Crippen molar-refractivity contribution >= 4 is 5.91 Å². The summed E-state index contributed by atoms with van der Waals surface area (Å²) >= 11 is 0. The van der Waals surface area contributed by atoms with Gasteiger partial charge in [-0.05, 0) is 42.3 Å². The highest BCUT2D eigenvalue weighted by atomic mass is 19.4. The van der Waals surface area contributed by atoms with E-state index in [2.05, 4.69) is 5.32 Å². The number of carbonyl (C=O) groups is 1. The Hall–Kier alpha value is -2.54. The minimum absolute atomic E-state index is 0.0407. The molecule has 1 unspecified atom stereocenters. The summed E-state index contributed by atoms with van der Waals surface area (Å²) in [5.41, 5.74) is -0.0180. The molecule has 0 heterocycles. The van der Waals surface area contributed by atoms with Crippen LogP contribution in [0.15, 0.2) is 42.5 Å². The topological polar surface area (TPSA) is 69.6 Å². The molecule has 7 heteroatoms. The third-order valence-corrected chi connectivity index (χ3v) is 3.53. The van der Waals surface area contributed by atoms with Gasteiger partial charge >= 0.3 is 6.18 Å². The first-order chi connectivity index (χ1) is 11.2. The van der Waals surface area contributed by atoms with E-state index in [1.807, 2.05) is 0 Å². The molecule has 2 aromatic carbocycles. The predicted molar refractivity (Wildman–Crippen MR) is 81.6 cm³/mol. The van der Waals surface area contributed by atoms with Crippen molar-refractivity contribution in [3.05, 3.63) is 64.7 Å². The highest BCUT2D eigenvalue weighted by Crippen LogP contribution is 2.30. The van der Waals surface area contributed by atoms with Gasteiger partial charge in [0.15, 0.2) is 0 Å². The lowest BCUT2D eigenvalue weighted by Crippen LogP contribution is -2.28. The fourth-order valence-electron chi connectivity index (χ4n) is 2.08. The van der Waals surface area contributed by atoms with Gasteiger partial charge in [-0.2, -0.15) is 13.2 Å². The Labute approximate surface area is 136 Å². The third-order valence-electron chi connectivity index (χ3n) is 3.53. The van der Waals surface area contributed by atoms with Crippen LogP contribution < -0.4 is 5.32 Å². The van der Waals surface area contributed by atoms with Crippen LogP contribution >= 0.6 is 0 Å². The summed E-state index contributed by atoms with van der Waals surface area (Å²) in [4.78, 5) is 12.0. The molecule has 4 nitrogen and oxygen atoms in total. The van der Waals surface area contributed by atoms with E-state index in [4.69, 9.17) is 0 Å². The van der Waals surface area contributed by atoms with Crippen molar-refractivity contribution < 1.29 is 28.2 Å². The summed E-state index contributed by atoms with van der Waals surface area (Å²) in [6.07, 6.45) is -5.78. The molecular weight excluding hydrogens is 323 g/mol. The van der Waals surface area contributed by atoms with E-state index in [1.165, 1.54) is 24.3 Å². The lowest BCUT2D eigenvalue weighted by atomic mass is 10.1. The van der Waals surface area contributed by atoms with Crippen LogP contribution in [0.4, 0.5) is 13.2 Å². The Morgan fingerprint density at radius 1 is 1.21 bits per heavy atom. The minimum atomic E-state index is -4.50. The maximum Gasteiger partial charge on any atom is 0.416 e. The van der Waals surface area contributed by atoms with Gasteiger partial charge in [-0.1, -0.05) is 18.2 Å². The zero-order valence-corrected chi connectivity index (χ0v) is 12.8. The number of benzene rings is 2. The molecule has 1 amide bonds. The van der Waals surface area contributed by atoms with Gasteiger partial charge in [-0.3, -0.25) is 4.79 Å². The van der Waals surface area contributed by atoms with E-state index in [-0.39, 0.29) is 23.4 Å². The van der Waals surface area contributed by atoms with Crippen molar-refractivity contribution in [2.75, 3.05) is 6.54 Å². The smallest absolute Gasteiger partial charge is 0.416 e. The SMILES string of the molecule is Cc1ccc(C(=O)NCC(O)c2cccc(C(F)(F)F)c2)cc1O. The van der Waals surface area contributed by atoms with Crippen molar-refractivity contribution in [3.63, 3.8) is 0 Å². The van der Waals surface area contributed by atoms with E-state index < -0.39 is 23.8 Å². The van der Waals surface area contributed by atoms with Crippen molar-refractivity contribution in [2.24, 2.45) is 0 Å². The van der Waals surface area contributed by atoms with Crippen molar-refractivity contribution in [1.29, 1.82) is 0 Å². The molecule has 0 bridgehead atoms. The third kappa shape index (κ3) is 4.26. The van der Waals surface area contributed by atoms with Crippen molar-refractivity contribution in [1.82, 2.24) is 5.32 Å². The predicted octanol–water partition coefficient (Wildman–Crippen LogP) is 3.18. The average Bonchev–Trinajstić information content (AvgIpc) is 2.54. The van der Waals surface area contributed by atoms with Crippen LogP contribution in [0.1, 0.15) is 33.2 Å². The van der Waals surface area contributed by atoms with Crippen LogP contribution in [0, 0.1) is 6.92 Å². The van der Waals surface area contributed by atoms with Crippen LogP contribution in [0.25, 0.3) is 0 Å². The molecule has 0 aromatic heterocycles. The highest BCUT2D eigenvalue weighted by Gasteiger charge is 2.30. The maximum absolute atomic E-state index is 12.7. The highest BCUT2D eigenvalue weighted by molar-refractivity contribution is 5.94. The number of aromatic hydroxyl groups is 1. The van der Waals surface area contributed by atoms with Gasteiger partial charge in [-0.25, -0.2) is 0 Å². The number of alkyl halides is 3. The van der Waals surface area contributed by atoms with Gasteiger partial charge in [0.25, 0.3) is 5.91 Å². The normalized spacial score (nSPS) is 12.7. The molecule has 0 saturated heterocycles. The number of aryl methyl sites for hydroxylation is 1. The molecule has 0 fully saturated rings. The molecule has 0 aliphatic heterocycles. The number of phenols is 1. The van der Waals surface area contributed by atoms with Gasteiger partial charge in [0.1, 0.15) is 5.75 Å². The molecule has 0 radical (unpaired) electrons. The van der Waals surface area contributed by atoms with Gasteiger partial charge < -0.3 is 15.5 Å². The van der Waals surface area contributed by atoms with Crippen LogP contribution in [-0.4, -0.2) is 22.7 Å². The maximum atomic E-state index is 12.7. The number of hydrogen-bond acceptors (Lipinski definition) is 3. The minimum Gasteiger partial charge on any atom is -0.508 e. The number of amides is 1. The Morgan fingerprint density at radius 3 is 2.54 bits per heavy atom. The van der Waals surface area contributed by atoms with E-state index in [0.717, 1.165) is 12.1 Å². The Bertz CT molecular complexity index is 744. The molecule has 0 spiro atoms. The fourth-order valence-corrected chi connectivity index (χ4v) is 2.08. The first kappa shape index (κ1) is 17.8. The number of rotatable bonds is 4. The number of nitrogens with one attached hydrogen (secondary N) is 1. The largest absolute Gasteiger partial charge is 0.508 e. The second kappa shape index (κ2) is 6.92. The van der Waals surface area contributed by atoms with E-state index in [0.29, 0.717) is 5.56 Å². The number of halogens is 3. The van der Waals surface area contributed by atoms with Crippen LogP contribution in [0.3, 0.4) is 0 Å². The Balaban J connectivity index is 2.03. The molecule has 0 saturated carbocycles. The lowest BCUT2D eigenvalue weighted by molar-refractivity contribution is -0.137. The number of carbonyl (C=O) groups excluding carboxylic acids is 1. The number of aliphatic hydroxyl groups is 1. The summed E-state index contributed by atoms with van der Waals surface area (Å²) in [6.45, 7) is 1.42. The van der Waals surface area contributed by atoms with E-state index in [1.54, 1.807) is 13.0 Å². The summed E-state index contributed by atoms with van der Waals surface area (Å²) in [5, 5.41) is 22.0. The lowest BCUT2D eigenvalue weighted by Gasteiger charge is -2.14. The molecular formula is C17H16F3NO3. The summed E-state index contributed by atoms with van der Waals surface area (Å²) < 4.78 is 38.0. The molecule has 0 aliphatic rings. The van der Waals surface area contributed by atoms with Crippen molar-refractivity contribution in [2.45, 2.75) is 19.2 Å². The molecule has 2 aromatic rings. The van der Waals surface area contributed by atoms with Gasteiger partial charge in [-0.15, -0.1) is 0 Å². The van der Waals surface area contributed by atoms with Crippen LogP contribution in [-0.2, 0) is 6.18 Å². The fraction of sp³-hybridized carbons (Fsp3) is 0.235. The van der Waals surface area contributed by atoms with Crippen molar-refractivity contribution in [3.8, 4) is 5.75 Å². The molecule has 24 heavy (non-hydrogen) atoms. The molecule has 0 aliphatic carbocycles. The number of phenolic OH excluding ortho intramolecular Hbond substituents is 1. The van der Waals surface area contributed by atoms with Crippen LogP contribution in [0.5, 0.6) is 5.75 Å². The summed E-state index contributed by atoms with van der Waals surface area (Å²) in [7, 11) is 0. The first-order valence-corrected chi connectivity index (χ1v) is 7.11. The van der Waals surface area contributed by atoms with E-state index >= 15 is 0 Å². The molecule has 2 rings (SSSR count). The number of aliphatic hydroxyl groups excluding tert-OH is 1. The van der Waals surface area contributed by atoms with Crippen LogP contribution in [0.2, 0.25) is 0 Å². The summed E-state index contributed by atoms with van der Waals surface area (Å²) in [6, 6.07) is 8.64. The molecule has 1 atom stereocenters. The average molecular weight is 339 g/mol. The van der Waals surface area contributed by atoms with Gasteiger partial charge in [0.05, 0.1) is 11.7 Å². The zero-order valence-electron chi connectivity index (χ0n) is 12.8. The second-order valence-corrected chi connectivity index (χ2v) is 5.35. The number of hydrogen-bond donors (Lipinski definition) is 3. The quantitative estimate of drug-likeness (QED) is 0.801.